The number of likely N-dealkylation sites (tertiary alicyclic amines) is 1. The lowest BCUT2D eigenvalue weighted by atomic mass is 9.99. The summed E-state index contributed by atoms with van der Waals surface area (Å²) in [4.78, 5) is 15.0. The minimum atomic E-state index is -3.89. The van der Waals surface area contributed by atoms with Crippen molar-refractivity contribution in [1.82, 2.24) is 4.90 Å². The van der Waals surface area contributed by atoms with Crippen LogP contribution in [0.5, 0.6) is 5.75 Å². The monoisotopic (exact) mass is 444 g/mol. The Labute approximate surface area is 185 Å². The Kier molecular flexibility index (Phi) is 7.26. The first-order valence-corrected chi connectivity index (χ1v) is 12.3. The Bertz CT molecular complexity index is 1040. The van der Waals surface area contributed by atoms with Crippen molar-refractivity contribution < 1.29 is 17.9 Å². The third-order valence-corrected chi connectivity index (χ3v) is 7.12. The first-order chi connectivity index (χ1) is 14.7. The number of ether oxygens (including phenoxy) is 1. The van der Waals surface area contributed by atoms with Crippen LogP contribution >= 0.6 is 0 Å². The fraction of sp³-hybridized carbons (Fsp3) is 0.458. The molecular weight excluding hydrogens is 412 g/mol. The SMILES string of the molecule is COc1ccc(S(=O)(=O)Nc2c(C)cccc2C(C)C)cc1C(=O)N1CCCCCC1. The number of sulfonamides is 1. The fourth-order valence-electron chi connectivity index (χ4n) is 3.97. The maximum atomic E-state index is 13.3. The highest BCUT2D eigenvalue weighted by Crippen LogP contribution is 2.31. The number of hydrogen-bond donors (Lipinski definition) is 1. The van der Waals surface area contributed by atoms with Gasteiger partial charge in [-0.05, 0) is 55.0 Å². The molecule has 1 aliphatic heterocycles. The van der Waals surface area contributed by atoms with Crippen molar-refractivity contribution in [3.05, 3.63) is 53.1 Å². The second-order valence-corrected chi connectivity index (χ2v) is 10.1. The molecule has 168 valence electrons. The molecule has 0 radical (unpaired) electrons. The number of hydrogen-bond acceptors (Lipinski definition) is 4. The van der Waals surface area contributed by atoms with E-state index >= 15 is 0 Å². The van der Waals surface area contributed by atoms with Gasteiger partial charge in [-0.15, -0.1) is 0 Å². The molecular formula is C24H32N2O4S. The molecule has 6 nitrogen and oxygen atoms in total. The summed E-state index contributed by atoms with van der Waals surface area (Å²) in [6.45, 7) is 7.29. The van der Waals surface area contributed by atoms with Crippen molar-refractivity contribution in [2.45, 2.75) is 57.3 Å². The van der Waals surface area contributed by atoms with Crippen molar-refractivity contribution in [2.24, 2.45) is 0 Å². The zero-order valence-electron chi connectivity index (χ0n) is 18.8. The summed E-state index contributed by atoms with van der Waals surface area (Å²) in [5, 5.41) is 0. The van der Waals surface area contributed by atoms with Crippen LogP contribution in [0, 0.1) is 6.92 Å². The van der Waals surface area contributed by atoms with Gasteiger partial charge in [-0.25, -0.2) is 8.42 Å². The molecule has 2 aromatic carbocycles. The Morgan fingerprint density at radius 2 is 1.74 bits per heavy atom. The maximum Gasteiger partial charge on any atom is 0.261 e. The molecule has 7 heteroatoms. The lowest BCUT2D eigenvalue weighted by molar-refractivity contribution is 0.0758. The summed E-state index contributed by atoms with van der Waals surface area (Å²) in [5.41, 5.74) is 2.65. The average molecular weight is 445 g/mol. The number of nitrogens with zero attached hydrogens (tertiary/aromatic N) is 1. The van der Waals surface area contributed by atoms with E-state index in [0.717, 1.165) is 36.8 Å². The number of rotatable bonds is 6. The van der Waals surface area contributed by atoms with E-state index in [4.69, 9.17) is 4.74 Å². The van der Waals surface area contributed by atoms with Gasteiger partial charge in [0.2, 0.25) is 0 Å². The molecule has 0 atom stereocenters. The van der Waals surface area contributed by atoms with Crippen LogP contribution in [0.4, 0.5) is 5.69 Å². The Hall–Kier alpha value is -2.54. The number of nitrogens with one attached hydrogen (secondary N) is 1. The second kappa shape index (κ2) is 9.73. The molecule has 1 fully saturated rings. The molecule has 0 bridgehead atoms. The Balaban J connectivity index is 1.98. The molecule has 0 aliphatic carbocycles. The Morgan fingerprint density at radius 3 is 2.35 bits per heavy atom. The van der Waals surface area contributed by atoms with E-state index in [1.807, 2.05) is 39.0 Å². The molecule has 31 heavy (non-hydrogen) atoms. The Morgan fingerprint density at radius 1 is 1.06 bits per heavy atom. The van der Waals surface area contributed by atoms with Crippen LogP contribution < -0.4 is 9.46 Å². The van der Waals surface area contributed by atoms with Gasteiger partial charge in [0.05, 0.1) is 23.3 Å². The number of aryl methyl sites for hydroxylation is 1. The van der Waals surface area contributed by atoms with Crippen LogP contribution in [0.3, 0.4) is 0 Å². The standard InChI is InChI=1S/C24H32N2O4S/c1-17(2)20-11-9-10-18(3)23(20)25-31(28,29)19-12-13-22(30-4)21(16-19)24(27)26-14-7-5-6-8-15-26/h9-13,16-17,25H,5-8,14-15H2,1-4H3. The molecule has 0 saturated carbocycles. The topological polar surface area (TPSA) is 75.7 Å². The van der Waals surface area contributed by atoms with Gasteiger partial charge in [0.25, 0.3) is 15.9 Å². The van der Waals surface area contributed by atoms with Gasteiger partial charge in [-0.2, -0.15) is 0 Å². The number of benzene rings is 2. The van der Waals surface area contributed by atoms with E-state index in [1.54, 1.807) is 11.0 Å². The number of para-hydroxylation sites is 1. The minimum absolute atomic E-state index is 0.0458. The van der Waals surface area contributed by atoms with E-state index in [0.29, 0.717) is 24.5 Å². The highest BCUT2D eigenvalue weighted by molar-refractivity contribution is 7.92. The first kappa shape index (κ1) is 23.1. The predicted molar refractivity (Wildman–Crippen MR) is 123 cm³/mol. The third kappa shape index (κ3) is 5.21. The second-order valence-electron chi connectivity index (χ2n) is 8.37. The van der Waals surface area contributed by atoms with Gasteiger partial charge in [0.1, 0.15) is 5.75 Å². The largest absolute Gasteiger partial charge is 0.496 e. The number of carbonyl (C=O) groups excluding carboxylic acids is 1. The van der Waals surface area contributed by atoms with E-state index in [1.165, 1.54) is 19.2 Å². The van der Waals surface area contributed by atoms with Crippen LogP contribution in [-0.2, 0) is 10.0 Å². The molecule has 1 amide bonds. The summed E-state index contributed by atoms with van der Waals surface area (Å²) in [6.07, 6.45) is 4.12. The molecule has 3 rings (SSSR count). The number of anilines is 1. The van der Waals surface area contributed by atoms with Gasteiger partial charge >= 0.3 is 0 Å². The average Bonchev–Trinajstić information content (AvgIpc) is 3.03. The lowest BCUT2D eigenvalue weighted by Gasteiger charge is -2.22. The molecule has 1 heterocycles. The van der Waals surface area contributed by atoms with Gasteiger partial charge in [-0.1, -0.05) is 44.9 Å². The summed E-state index contributed by atoms with van der Waals surface area (Å²) < 4.78 is 34.6. The van der Waals surface area contributed by atoms with Crippen molar-refractivity contribution >= 4 is 21.6 Å². The van der Waals surface area contributed by atoms with Crippen LogP contribution in [0.25, 0.3) is 0 Å². The van der Waals surface area contributed by atoms with E-state index < -0.39 is 10.0 Å². The van der Waals surface area contributed by atoms with Crippen LogP contribution in [0.1, 0.15) is 66.9 Å². The van der Waals surface area contributed by atoms with Crippen LogP contribution in [-0.4, -0.2) is 39.4 Å². The highest BCUT2D eigenvalue weighted by atomic mass is 32.2. The van der Waals surface area contributed by atoms with E-state index in [2.05, 4.69) is 4.72 Å². The molecule has 0 unspecified atom stereocenters. The van der Waals surface area contributed by atoms with Crippen molar-refractivity contribution in [2.75, 3.05) is 24.9 Å². The minimum Gasteiger partial charge on any atom is -0.496 e. The van der Waals surface area contributed by atoms with Crippen LogP contribution in [0.2, 0.25) is 0 Å². The predicted octanol–water partition coefficient (Wildman–Crippen LogP) is 4.94. The smallest absolute Gasteiger partial charge is 0.261 e. The first-order valence-electron chi connectivity index (χ1n) is 10.8. The van der Waals surface area contributed by atoms with E-state index in [9.17, 15) is 13.2 Å². The van der Waals surface area contributed by atoms with Crippen LogP contribution in [0.15, 0.2) is 41.3 Å². The molecule has 2 aromatic rings. The summed E-state index contributed by atoms with van der Waals surface area (Å²) >= 11 is 0. The zero-order valence-corrected chi connectivity index (χ0v) is 19.6. The zero-order chi connectivity index (χ0) is 22.6. The molecule has 0 spiro atoms. The molecule has 1 aliphatic rings. The quantitative estimate of drug-likeness (QED) is 0.684. The van der Waals surface area contributed by atoms with Gasteiger partial charge < -0.3 is 9.64 Å². The maximum absolute atomic E-state index is 13.3. The van der Waals surface area contributed by atoms with E-state index in [-0.39, 0.29) is 22.3 Å². The number of carbonyl (C=O) groups is 1. The van der Waals surface area contributed by atoms with Gasteiger partial charge in [-0.3, -0.25) is 9.52 Å². The van der Waals surface area contributed by atoms with Crippen molar-refractivity contribution in [1.29, 1.82) is 0 Å². The summed E-state index contributed by atoms with van der Waals surface area (Å²) in [7, 11) is -2.40. The lowest BCUT2D eigenvalue weighted by Crippen LogP contribution is -2.32. The van der Waals surface area contributed by atoms with Crippen molar-refractivity contribution in [3.8, 4) is 5.75 Å². The molecule has 1 N–H and O–H groups in total. The highest BCUT2D eigenvalue weighted by Gasteiger charge is 2.25. The van der Waals surface area contributed by atoms with Crippen molar-refractivity contribution in [3.63, 3.8) is 0 Å². The summed E-state index contributed by atoms with van der Waals surface area (Å²) in [5.74, 6) is 0.357. The molecule has 1 saturated heterocycles. The number of amides is 1. The van der Waals surface area contributed by atoms with Gasteiger partial charge in [0, 0.05) is 13.1 Å². The third-order valence-electron chi connectivity index (χ3n) is 5.77. The molecule has 0 aromatic heterocycles. The normalized spacial score (nSPS) is 14.9. The summed E-state index contributed by atoms with van der Waals surface area (Å²) in [6, 6.07) is 10.2. The van der Waals surface area contributed by atoms with Gasteiger partial charge in [0.15, 0.2) is 0 Å². The fourth-order valence-corrected chi connectivity index (χ4v) is 5.16. The number of methoxy groups -OCH3 is 1.